The molecule has 0 atom stereocenters. The number of hydrogen-bond acceptors (Lipinski definition) is 14. The van der Waals surface area contributed by atoms with E-state index in [1.807, 2.05) is 70.6 Å². The van der Waals surface area contributed by atoms with E-state index in [-0.39, 0.29) is 6.15 Å². The van der Waals surface area contributed by atoms with E-state index in [1.54, 1.807) is 23.5 Å². The molecule has 0 spiro atoms. The maximum Gasteiger partial charge on any atom is 0.154 e. The van der Waals surface area contributed by atoms with E-state index < -0.39 is 0 Å². The topological polar surface area (TPSA) is 0 Å². The van der Waals surface area contributed by atoms with Crippen molar-refractivity contribution in [2.45, 2.75) is 19.0 Å². The quantitative estimate of drug-likeness (QED) is 0.0446. The molecule has 0 unspecified atom stereocenters. The van der Waals surface area contributed by atoms with Gasteiger partial charge in [-0.15, -0.1) is 59.7 Å². The van der Waals surface area contributed by atoms with Crippen LogP contribution in [0, 0.1) is 0 Å². The average Bonchev–Trinajstić information content (AvgIpc) is 2.61. The third-order valence-electron chi connectivity index (χ3n) is 2.74. The Morgan fingerprint density at radius 3 is 1.63 bits per heavy atom. The average molecular weight is 633 g/mol. The Kier molecular flexibility index (Phi) is 25.3. The van der Waals surface area contributed by atoms with Crippen LogP contribution in [0.4, 0.5) is 0 Å². The zero-order chi connectivity index (χ0) is 20.4. The summed E-state index contributed by atoms with van der Waals surface area (Å²) >= 11 is 42.2. The molecule has 0 nitrogen and oxygen atoms in total. The molecule has 0 bridgehead atoms. The zero-order valence-corrected chi connectivity index (χ0v) is 26.6. The van der Waals surface area contributed by atoms with E-state index in [2.05, 4.69) is 63.1 Å². The Morgan fingerprint density at radius 2 is 1.11 bits per heavy atom. The lowest BCUT2D eigenvalue weighted by atomic mass is 10.5. The largest absolute Gasteiger partial charge is 0.168 e. The first-order chi connectivity index (χ1) is 13.0. The van der Waals surface area contributed by atoms with Crippen molar-refractivity contribution in [3.8, 4) is 0 Å². The van der Waals surface area contributed by atoms with Crippen molar-refractivity contribution in [2.24, 2.45) is 0 Å². The van der Waals surface area contributed by atoms with E-state index in [1.165, 1.54) is 17.9 Å². The first-order valence-corrected chi connectivity index (χ1v) is 19.6. The second kappa shape index (κ2) is 21.4. The summed E-state index contributed by atoms with van der Waals surface area (Å²) in [5, 5.41) is 5.14. The molecule has 0 radical (unpaired) electrons. The molecular formula is C13H28S14. The van der Waals surface area contributed by atoms with Crippen LogP contribution < -0.4 is 0 Å². The molecule has 0 aliphatic carbocycles. The minimum atomic E-state index is -0.264. The highest BCUT2D eigenvalue weighted by Gasteiger charge is 2.41. The molecule has 27 heavy (non-hydrogen) atoms. The van der Waals surface area contributed by atoms with E-state index in [4.69, 9.17) is 12.6 Å². The normalized spacial score (nSPS) is 12.7. The lowest BCUT2D eigenvalue weighted by molar-refractivity contribution is 1.03. The van der Waals surface area contributed by atoms with Crippen LogP contribution in [0.1, 0.15) is 12.8 Å². The van der Waals surface area contributed by atoms with Gasteiger partial charge in [0.05, 0.1) is 0 Å². The van der Waals surface area contributed by atoms with Crippen LogP contribution >= 0.6 is 170 Å². The number of thioether (sulfide) groups is 8. The molecule has 0 fully saturated rings. The van der Waals surface area contributed by atoms with Gasteiger partial charge < -0.3 is 0 Å². The molecule has 0 aromatic rings. The van der Waals surface area contributed by atoms with Gasteiger partial charge in [-0.2, -0.15) is 98.4 Å². The summed E-state index contributed by atoms with van der Waals surface area (Å²) in [5.41, 5.74) is 0. The van der Waals surface area contributed by atoms with Gasteiger partial charge in [-0.05, 0) is 30.1 Å². The number of rotatable bonds is 20. The first-order valence-electron chi connectivity index (χ1n) is 7.77. The van der Waals surface area contributed by atoms with Crippen molar-refractivity contribution in [2.75, 3.05) is 47.8 Å². The molecule has 0 amide bonds. The monoisotopic (exact) mass is 632 g/mol. The fourth-order valence-electron chi connectivity index (χ4n) is 1.65. The molecule has 0 aliphatic rings. The lowest BCUT2D eigenvalue weighted by Gasteiger charge is -2.38. The predicted octanol–water partition coefficient (Wildman–Crippen LogP) is 8.22. The standard InChI is InChI=1S/C13H28S14/c14-6-20-3-1-4-21-11-22-5-2-12(23-7-15,24-8-16)27-13(19,25-9-17)26-10-18/h14-19H,1-11H2. The molecule has 0 aromatic carbocycles. The van der Waals surface area contributed by atoms with Crippen molar-refractivity contribution in [1.82, 2.24) is 0 Å². The summed E-state index contributed by atoms with van der Waals surface area (Å²) in [6.07, 6.45) is 2.36. The zero-order valence-electron chi connectivity index (χ0n) is 14.7. The summed E-state index contributed by atoms with van der Waals surface area (Å²) in [5.74, 6) is 3.59. The van der Waals surface area contributed by atoms with E-state index >= 15 is 0 Å². The van der Waals surface area contributed by atoms with E-state index in [0.717, 1.165) is 42.7 Å². The SMILES string of the molecule is SCSCCCSCSCCC(SCS)(SCS)SC(S)(SCS)SCS. The van der Waals surface area contributed by atoms with Gasteiger partial charge in [-0.3, -0.25) is 0 Å². The summed E-state index contributed by atoms with van der Waals surface area (Å²) in [6, 6.07) is 0. The van der Waals surface area contributed by atoms with Crippen LogP contribution in [0.3, 0.4) is 0 Å². The maximum atomic E-state index is 4.97. The molecule has 0 rings (SSSR count). The van der Waals surface area contributed by atoms with Gasteiger partial charge in [-0.1, -0.05) is 11.8 Å². The second-order valence-corrected chi connectivity index (χ2v) is 21.4. The summed E-state index contributed by atoms with van der Waals surface area (Å²) in [4.78, 5) is 0. The Balaban J connectivity index is 4.56. The van der Waals surface area contributed by atoms with Crippen molar-refractivity contribution in [1.29, 1.82) is 0 Å². The molecule has 164 valence electrons. The third kappa shape index (κ3) is 17.1. The number of thiol groups is 6. The Morgan fingerprint density at radius 1 is 0.593 bits per heavy atom. The van der Waals surface area contributed by atoms with Crippen LogP contribution in [0.2, 0.25) is 0 Å². The van der Waals surface area contributed by atoms with Crippen molar-refractivity contribution >= 4 is 170 Å². The Bertz CT molecular complexity index is 318. The molecular weight excluding hydrogens is 605 g/mol. The van der Waals surface area contributed by atoms with Crippen LogP contribution in [-0.4, -0.2) is 53.9 Å². The van der Waals surface area contributed by atoms with E-state index in [0.29, 0.717) is 0 Å². The summed E-state index contributed by atoms with van der Waals surface area (Å²) in [7, 11) is 0. The smallest absolute Gasteiger partial charge is 0.154 e. The Hall–Kier alpha value is 4.90. The van der Waals surface area contributed by atoms with Crippen molar-refractivity contribution in [3.05, 3.63) is 0 Å². The van der Waals surface area contributed by atoms with Gasteiger partial charge in [0.1, 0.15) is 3.41 Å². The minimum Gasteiger partial charge on any atom is -0.168 e. The van der Waals surface area contributed by atoms with Gasteiger partial charge >= 0.3 is 0 Å². The van der Waals surface area contributed by atoms with Crippen LogP contribution in [0.15, 0.2) is 0 Å². The van der Waals surface area contributed by atoms with Crippen LogP contribution in [0.25, 0.3) is 0 Å². The highest BCUT2D eigenvalue weighted by Crippen LogP contribution is 2.63. The van der Waals surface area contributed by atoms with Crippen LogP contribution in [-0.2, 0) is 0 Å². The van der Waals surface area contributed by atoms with Gasteiger partial charge in [0.25, 0.3) is 0 Å². The third-order valence-corrected chi connectivity index (χ3v) is 16.2. The summed E-state index contributed by atoms with van der Waals surface area (Å²) < 4.78 is -0.266. The fraction of sp³-hybridized carbons (Fsp3) is 1.00. The predicted molar refractivity (Wildman–Crippen MR) is 173 cm³/mol. The van der Waals surface area contributed by atoms with Gasteiger partial charge in [0.2, 0.25) is 0 Å². The fourth-order valence-corrected chi connectivity index (χ4v) is 18.8. The molecule has 0 aliphatic heterocycles. The lowest BCUT2D eigenvalue weighted by Crippen LogP contribution is -2.24. The number of hydrogen-bond donors (Lipinski definition) is 6. The van der Waals surface area contributed by atoms with E-state index in [9.17, 15) is 0 Å². The Labute approximate surface area is 233 Å². The molecule has 0 saturated heterocycles. The van der Waals surface area contributed by atoms with Crippen LogP contribution in [0.5, 0.6) is 0 Å². The molecule has 0 heterocycles. The van der Waals surface area contributed by atoms with Gasteiger partial charge in [-0.25, -0.2) is 0 Å². The highest BCUT2D eigenvalue weighted by molar-refractivity contribution is 8.51. The maximum absolute atomic E-state index is 4.97. The van der Waals surface area contributed by atoms with Gasteiger partial charge in [0.15, 0.2) is 2.74 Å². The first kappa shape index (κ1) is 31.9. The van der Waals surface area contributed by atoms with Crippen molar-refractivity contribution < 1.29 is 0 Å². The molecule has 0 saturated carbocycles. The highest BCUT2D eigenvalue weighted by atomic mass is 32.3. The molecule has 0 aromatic heterocycles. The van der Waals surface area contributed by atoms with Crippen molar-refractivity contribution in [3.63, 3.8) is 0 Å². The van der Waals surface area contributed by atoms with Gasteiger partial charge in [0, 0.05) is 30.5 Å². The second-order valence-electron chi connectivity index (χ2n) is 4.48. The molecule has 14 heteroatoms. The molecule has 0 N–H and O–H groups in total. The summed E-state index contributed by atoms with van der Waals surface area (Å²) in [6.45, 7) is 0. The minimum absolute atomic E-state index is 0.00196.